The highest BCUT2D eigenvalue weighted by molar-refractivity contribution is 7.91. The Bertz CT molecular complexity index is 936. The third kappa shape index (κ3) is 5.61. The van der Waals surface area contributed by atoms with Crippen molar-refractivity contribution in [2.75, 3.05) is 24.6 Å². The van der Waals surface area contributed by atoms with Gasteiger partial charge in [-0.05, 0) is 48.5 Å². The molecule has 1 fully saturated rings. The first kappa shape index (κ1) is 27.8. The van der Waals surface area contributed by atoms with Crippen molar-refractivity contribution in [2.24, 2.45) is 0 Å². The third-order valence-electron chi connectivity index (χ3n) is 7.16. The van der Waals surface area contributed by atoms with Crippen LogP contribution in [0.1, 0.15) is 12.8 Å². The zero-order chi connectivity index (χ0) is 21.7. The maximum atomic E-state index is 2.40. The van der Waals surface area contributed by atoms with Gasteiger partial charge >= 0.3 is 0 Å². The molecule has 0 nitrogen and oxygen atoms in total. The van der Waals surface area contributed by atoms with Crippen LogP contribution in [0.2, 0.25) is 0 Å². The van der Waals surface area contributed by atoms with Crippen LogP contribution >= 0.6 is 14.5 Å². The Morgan fingerprint density at radius 2 is 0.529 bits per heavy atom. The average Bonchev–Trinajstić information content (AvgIpc) is 2.87. The van der Waals surface area contributed by atoms with Gasteiger partial charge < -0.3 is 48.0 Å². The van der Waals surface area contributed by atoms with Gasteiger partial charge in [-0.25, -0.2) is 0 Å². The van der Waals surface area contributed by atoms with Crippen molar-refractivity contribution >= 4 is 35.7 Å². The maximum absolute atomic E-state index is 2.40. The van der Waals surface area contributed by atoms with Gasteiger partial charge in [0, 0.05) is 12.8 Å². The summed E-state index contributed by atoms with van der Waals surface area (Å²) in [7, 11) is -2.78. The second kappa shape index (κ2) is 12.9. The third-order valence-corrected chi connectivity index (χ3v) is 16.6. The molecule has 0 aromatic heterocycles. The van der Waals surface area contributed by atoms with Crippen LogP contribution in [0.5, 0.6) is 0 Å². The number of rotatable bonds is 4. The summed E-state index contributed by atoms with van der Waals surface area (Å²) in [5.74, 6) is 0. The first-order valence-electron chi connectivity index (χ1n) is 11.8. The molecule has 5 rings (SSSR count). The summed E-state index contributed by atoms with van der Waals surface area (Å²) in [6.07, 6.45) is 7.89. The molecular weight excluding hydrogens is 676 g/mol. The minimum atomic E-state index is -1.39. The van der Waals surface area contributed by atoms with Crippen molar-refractivity contribution in [1.29, 1.82) is 0 Å². The van der Waals surface area contributed by atoms with Gasteiger partial charge in [0.1, 0.15) is 0 Å². The van der Waals surface area contributed by atoms with Crippen molar-refractivity contribution in [1.82, 2.24) is 0 Å². The van der Waals surface area contributed by atoms with Gasteiger partial charge in [-0.1, -0.05) is 72.8 Å². The fraction of sp³-hybridized carbons (Fsp3) is 0.200. The van der Waals surface area contributed by atoms with E-state index in [1.54, 1.807) is 21.2 Å². The van der Waals surface area contributed by atoms with E-state index in [9.17, 15) is 0 Å². The van der Waals surface area contributed by atoms with Crippen LogP contribution in [0.15, 0.2) is 121 Å². The number of benzene rings is 4. The first-order valence-corrected chi connectivity index (χ1v) is 16.1. The Morgan fingerprint density at radius 1 is 0.324 bits per heavy atom. The molecule has 0 radical (unpaired) electrons. The molecule has 1 aliphatic heterocycles. The topological polar surface area (TPSA) is 0 Å². The molecule has 0 N–H and O–H groups in total. The smallest absolute Gasteiger partial charge is 0.0991 e. The lowest BCUT2D eigenvalue weighted by molar-refractivity contribution is -0.00100. The molecule has 0 amide bonds. The summed E-state index contributed by atoms with van der Waals surface area (Å²) < 4.78 is 0. The number of halogens is 2. The standard InChI is InChI=1S/C30H32P2.2HI/c1-5-15-27(16-6-1)31(28-17-7-2-8-18-28)23-13-25-32(26-14-24-31,29-19-9-3-10-20-29)30-21-11-4-12-22-30;;/h1-12,15-22H,13-14,23-26H2;2*1H/q+2;;/p-2. The highest BCUT2D eigenvalue weighted by atomic mass is 127. The first-order chi connectivity index (χ1) is 15.8. The van der Waals surface area contributed by atoms with E-state index in [1.165, 1.54) is 37.5 Å². The predicted molar refractivity (Wildman–Crippen MR) is 147 cm³/mol. The van der Waals surface area contributed by atoms with Gasteiger partial charge in [0.25, 0.3) is 0 Å². The Labute approximate surface area is 240 Å². The molecule has 0 aliphatic carbocycles. The van der Waals surface area contributed by atoms with E-state index in [2.05, 4.69) is 121 Å². The summed E-state index contributed by atoms with van der Waals surface area (Å²) in [5.41, 5.74) is 0. The highest BCUT2D eigenvalue weighted by Gasteiger charge is 2.49. The summed E-state index contributed by atoms with van der Waals surface area (Å²) in [5, 5.41) is 6.38. The molecule has 0 atom stereocenters. The lowest BCUT2D eigenvalue weighted by Gasteiger charge is -2.34. The number of hydrogen-bond acceptors (Lipinski definition) is 0. The Kier molecular flexibility index (Phi) is 10.6. The van der Waals surface area contributed by atoms with Gasteiger partial charge in [-0.15, -0.1) is 0 Å². The van der Waals surface area contributed by atoms with Gasteiger partial charge in [-0.3, -0.25) is 0 Å². The molecule has 1 saturated heterocycles. The molecule has 4 aromatic carbocycles. The largest absolute Gasteiger partial charge is 1.00 e. The van der Waals surface area contributed by atoms with E-state index < -0.39 is 14.5 Å². The van der Waals surface area contributed by atoms with Crippen molar-refractivity contribution in [3.8, 4) is 0 Å². The van der Waals surface area contributed by atoms with Crippen molar-refractivity contribution in [3.63, 3.8) is 0 Å². The van der Waals surface area contributed by atoms with Crippen LogP contribution in [0.4, 0.5) is 0 Å². The lowest BCUT2D eigenvalue weighted by Crippen LogP contribution is -3.00. The minimum Gasteiger partial charge on any atom is -1.00 e. The van der Waals surface area contributed by atoms with E-state index in [0.717, 1.165) is 0 Å². The predicted octanol–water partition coefficient (Wildman–Crippen LogP) is 0.125. The molecule has 0 unspecified atom stereocenters. The molecule has 0 spiro atoms. The molecule has 1 heterocycles. The Hall–Kier alpha value is -0.800. The van der Waals surface area contributed by atoms with Gasteiger partial charge in [0.05, 0.1) is 60.4 Å². The van der Waals surface area contributed by atoms with Gasteiger partial charge in [0.15, 0.2) is 0 Å². The van der Waals surface area contributed by atoms with E-state index in [4.69, 9.17) is 0 Å². The van der Waals surface area contributed by atoms with E-state index in [0.29, 0.717) is 0 Å². The Balaban J connectivity index is 0.00000162. The highest BCUT2D eigenvalue weighted by Crippen LogP contribution is 2.64. The van der Waals surface area contributed by atoms with Crippen LogP contribution < -0.4 is 69.2 Å². The van der Waals surface area contributed by atoms with Crippen LogP contribution in [0.25, 0.3) is 0 Å². The molecular formula is C30H32I2P2. The fourth-order valence-corrected chi connectivity index (χ4v) is 15.0. The van der Waals surface area contributed by atoms with E-state index in [1.807, 2.05) is 0 Å². The molecule has 4 aromatic rings. The molecule has 34 heavy (non-hydrogen) atoms. The molecule has 1 aliphatic rings. The van der Waals surface area contributed by atoms with E-state index >= 15 is 0 Å². The fourth-order valence-electron chi connectivity index (χ4n) is 5.63. The summed E-state index contributed by atoms with van der Waals surface area (Å²) in [6.45, 7) is 0. The summed E-state index contributed by atoms with van der Waals surface area (Å²) in [6, 6.07) is 45.8. The molecule has 4 heteroatoms. The van der Waals surface area contributed by atoms with Gasteiger partial charge in [-0.2, -0.15) is 0 Å². The van der Waals surface area contributed by atoms with Gasteiger partial charge in [0.2, 0.25) is 0 Å². The van der Waals surface area contributed by atoms with E-state index in [-0.39, 0.29) is 48.0 Å². The Morgan fingerprint density at radius 3 is 0.735 bits per heavy atom. The van der Waals surface area contributed by atoms with Crippen LogP contribution in [-0.4, -0.2) is 24.6 Å². The lowest BCUT2D eigenvalue weighted by atomic mass is 10.4. The number of hydrogen-bond donors (Lipinski definition) is 0. The molecule has 176 valence electrons. The second-order valence-corrected chi connectivity index (χ2v) is 16.6. The zero-order valence-corrected chi connectivity index (χ0v) is 25.5. The van der Waals surface area contributed by atoms with Crippen LogP contribution in [0, 0.1) is 0 Å². The second-order valence-electron chi connectivity index (χ2n) is 8.88. The summed E-state index contributed by atoms with van der Waals surface area (Å²) >= 11 is 0. The van der Waals surface area contributed by atoms with Crippen molar-refractivity contribution < 1.29 is 48.0 Å². The van der Waals surface area contributed by atoms with Crippen molar-refractivity contribution in [2.45, 2.75) is 12.8 Å². The molecule has 0 saturated carbocycles. The summed E-state index contributed by atoms with van der Waals surface area (Å²) in [4.78, 5) is 0. The molecule has 0 bridgehead atoms. The quantitative estimate of drug-likeness (QED) is 0.209. The maximum Gasteiger partial charge on any atom is 0.0991 e. The average molecular weight is 708 g/mol. The minimum absolute atomic E-state index is 0. The van der Waals surface area contributed by atoms with Crippen LogP contribution in [0.3, 0.4) is 0 Å². The monoisotopic (exact) mass is 708 g/mol. The normalized spacial score (nSPS) is 16.7. The van der Waals surface area contributed by atoms with Crippen molar-refractivity contribution in [3.05, 3.63) is 121 Å². The zero-order valence-electron chi connectivity index (χ0n) is 19.4. The SMILES string of the molecule is [I-].[I-].c1ccc([P+]2(c3ccccc3)CCC[P+](c3ccccc3)(c3ccccc3)CCC2)cc1. The van der Waals surface area contributed by atoms with Crippen LogP contribution in [-0.2, 0) is 0 Å².